The van der Waals surface area contributed by atoms with Gasteiger partial charge in [0.05, 0.1) is 12.2 Å². The third-order valence-electron chi connectivity index (χ3n) is 3.60. The SMILES string of the molecule is CCOC(=O)c1cc(C(C)C)sc1NC(=O)COC(=O)COc1ccc(Br)cc1. The van der Waals surface area contributed by atoms with Crippen LogP contribution in [0.2, 0.25) is 0 Å². The Balaban J connectivity index is 1.88. The van der Waals surface area contributed by atoms with Gasteiger partial charge in [-0.1, -0.05) is 29.8 Å². The topological polar surface area (TPSA) is 90.9 Å². The maximum Gasteiger partial charge on any atom is 0.344 e. The summed E-state index contributed by atoms with van der Waals surface area (Å²) >= 11 is 4.60. The number of carbonyl (C=O) groups excluding carboxylic acids is 3. The summed E-state index contributed by atoms with van der Waals surface area (Å²) in [6, 6.07) is 8.67. The molecule has 0 radical (unpaired) electrons. The number of hydrogen-bond donors (Lipinski definition) is 1. The van der Waals surface area contributed by atoms with E-state index in [9.17, 15) is 14.4 Å². The lowest BCUT2D eigenvalue weighted by Crippen LogP contribution is -2.24. The van der Waals surface area contributed by atoms with E-state index < -0.39 is 24.5 Å². The molecule has 1 heterocycles. The predicted octanol–water partition coefficient (Wildman–Crippen LogP) is 4.37. The van der Waals surface area contributed by atoms with Crippen LogP contribution in [0.5, 0.6) is 5.75 Å². The Hall–Kier alpha value is -2.39. The highest BCUT2D eigenvalue weighted by Crippen LogP contribution is 2.33. The Morgan fingerprint density at radius 3 is 2.41 bits per heavy atom. The van der Waals surface area contributed by atoms with Gasteiger partial charge in [0.2, 0.25) is 0 Å². The summed E-state index contributed by atoms with van der Waals surface area (Å²) in [5.74, 6) is -1.04. The quantitative estimate of drug-likeness (QED) is 0.532. The molecule has 1 amide bonds. The van der Waals surface area contributed by atoms with Crippen molar-refractivity contribution in [2.75, 3.05) is 25.1 Å². The predicted molar refractivity (Wildman–Crippen MR) is 114 cm³/mol. The fourth-order valence-corrected chi connectivity index (χ4v) is 3.50. The summed E-state index contributed by atoms with van der Waals surface area (Å²) in [5.41, 5.74) is 0.291. The number of rotatable bonds is 9. The van der Waals surface area contributed by atoms with E-state index in [1.807, 2.05) is 13.8 Å². The minimum Gasteiger partial charge on any atom is -0.482 e. The first-order valence-electron chi connectivity index (χ1n) is 8.94. The molecule has 0 fully saturated rings. The maximum atomic E-state index is 12.2. The van der Waals surface area contributed by atoms with Crippen LogP contribution in [-0.2, 0) is 19.1 Å². The van der Waals surface area contributed by atoms with Gasteiger partial charge in [-0.3, -0.25) is 4.79 Å². The Labute approximate surface area is 181 Å². The van der Waals surface area contributed by atoms with Gasteiger partial charge < -0.3 is 19.5 Å². The van der Waals surface area contributed by atoms with Crippen LogP contribution in [-0.4, -0.2) is 37.7 Å². The molecule has 0 saturated carbocycles. The molecule has 0 aliphatic heterocycles. The summed E-state index contributed by atoms with van der Waals surface area (Å²) in [6.45, 7) is 5.11. The minimum absolute atomic E-state index is 0.187. The van der Waals surface area contributed by atoms with Gasteiger partial charge in [0, 0.05) is 9.35 Å². The molecule has 0 unspecified atom stereocenters. The zero-order chi connectivity index (χ0) is 21.4. The van der Waals surface area contributed by atoms with Crippen LogP contribution in [0.1, 0.15) is 41.9 Å². The molecule has 0 bridgehead atoms. The molecular weight excluding hydrogens is 462 g/mol. The molecule has 1 N–H and O–H groups in total. The monoisotopic (exact) mass is 483 g/mol. The van der Waals surface area contributed by atoms with Crippen molar-refractivity contribution in [3.63, 3.8) is 0 Å². The summed E-state index contributed by atoms with van der Waals surface area (Å²) < 4.78 is 16.1. The molecule has 0 aliphatic rings. The number of benzene rings is 1. The molecule has 2 rings (SSSR count). The second-order valence-electron chi connectivity index (χ2n) is 6.22. The first kappa shape index (κ1) is 22.9. The summed E-state index contributed by atoms with van der Waals surface area (Å²) in [6.07, 6.45) is 0. The highest BCUT2D eigenvalue weighted by molar-refractivity contribution is 9.10. The largest absolute Gasteiger partial charge is 0.482 e. The molecule has 0 atom stereocenters. The van der Waals surface area contributed by atoms with Crippen molar-refractivity contribution in [3.05, 3.63) is 45.2 Å². The van der Waals surface area contributed by atoms with E-state index in [4.69, 9.17) is 14.2 Å². The molecule has 7 nitrogen and oxygen atoms in total. The van der Waals surface area contributed by atoms with Crippen LogP contribution in [0.25, 0.3) is 0 Å². The third kappa shape index (κ3) is 7.17. The number of halogens is 1. The van der Waals surface area contributed by atoms with E-state index in [2.05, 4.69) is 21.2 Å². The smallest absolute Gasteiger partial charge is 0.344 e. The molecule has 29 heavy (non-hydrogen) atoms. The number of ether oxygens (including phenoxy) is 3. The molecule has 1 aromatic heterocycles. The molecule has 156 valence electrons. The molecule has 9 heteroatoms. The lowest BCUT2D eigenvalue weighted by Gasteiger charge is -2.08. The summed E-state index contributed by atoms with van der Waals surface area (Å²) in [4.78, 5) is 37.0. The molecule has 0 aliphatic carbocycles. The molecule has 2 aromatic rings. The number of nitrogens with one attached hydrogen (secondary N) is 1. The lowest BCUT2D eigenvalue weighted by molar-refractivity contribution is -0.149. The van der Waals surface area contributed by atoms with Crippen LogP contribution < -0.4 is 10.1 Å². The van der Waals surface area contributed by atoms with Gasteiger partial charge in [-0.15, -0.1) is 11.3 Å². The van der Waals surface area contributed by atoms with Gasteiger partial charge in [-0.05, 0) is 43.2 Å². The van der Waals surface area contributed by atoms with Crippen molar-refractivity contribution in [2.45, 2.75) is 26.7 Å². The number of carbonyl (C=O) groups is 3. The van der Waals surface area contributed by atoms with E-state index >= 15 is 0 Å². The van der Waals surface area contributed by atoms with E-state index in [1.54, 1.807) is 37.3 Å². The molecule has 0 spiro atoms. The average molecular weight is 484 g/mol. The van der Waals surface area contributed by atoms with E-state index in [-0.39, 0.29) is 19.1 Å². The van der Waals surface area contributed by atoms with Gasteiger partial charge in [0.15, 0.2) is 13.2 Å². The fourth-order valence-electron chi connectivity index (χ4n) is 2.17. The van der Waals surface area contributed by atoms with Gasteiger partial charge in [0.1, 0.15) is 10.8 Å². The van der Waals surface area contributed by atoms with Gasteiger partial charge in [-0.2, -0.15) is 0 Å². The third-order valence-corrected chi connectivity index (χ3v) is 5.48. The first-order valence-corrected chi connectivity index (χ1v) is 10.6. The van der Waals surface area contributed by atoms with Crippen LogP contribution in [0.4, 0.5) is 5.00 Å². The van der Waals surface area contributed by atoms with Crippen LogP contribution in [0, 0.1) is 0 Å². The number of thiophene rings is 1. The highest BCUT2D eigenvalue weighted by atomic mass is 79.9. The van der Waals surface area contributed by atoms with Gasteiger partial charge in [0.25, 0.3) is 5.91 Å². The Morgan fingerprint density at radius 1 is 1.10 bits per heavy atom. The van der Waals surface area contributed by atoms with Crippen molar-refractivity contribution < 1.29 is 28.6 Å². The number of hydrogen-bond acceptors (Lipinski definition) is 7. The number of esters is 2. The Bertz CT molecular complexity index is 862. The second kappa shape index (κ2) is 11.0. The highest BCUT2D eigenvalue weighted by Gasteiger charge is 2.20. The first-order chi connectivity index (χ1) is 13.8. The summed E-state index contributed by atoms with van der Waals surface area (Å²) in [7, 11) is 0. The van der Waals surface area contributed by atoms with Crippen molar-refractivity contribution >= 4 is 50.1 Å². The molecular formula is C20H22BrNO6S. The molecule has 1 aromatic carbocycles. The standard InChI is InChI=1S/C20H22BrNO6S/c1-4-26-20(25)15-9-16(12(2)3)29-19(15)22-17(23)10-28-18(24)11-27-14-7-5-13(21)6-8-14/h5-9,12H,4,10-11H2,1-3H3,(H,22,23). The normalized spacial score (nSPS) is 10.5. The van der Waals surface area contributed by atoms with Crippen LogP contribution >= 0.6 is 27.3 Å². The Morgan fingerprint density at radius 2 is 1.79 bits per heavy atom. The van der Waals surface area contributed by atoms with Crippen molar-refractivity contribution in [1.82, 2.24) is 0 Å². The minimum atomic E-state index is -0.678. The van der Waals surface area contributed by atoms with E-state index in [0.717, 1.165) is 9.35 Å². The maximum absolute atomic E-state index is 12.2. The molecule has 0 saturated heterocycles. The van der Waals surface area contributed by atoms with Gasteiger partial charge >= 0.3 is 11.9 Å². The van der Waals surface area contributed by atoms with Crippen LogP contribution in [0.3, 0.4) is 0 Å². The van der Waals surface area contributed by atoms with Crippen LogP contribution in [0.15, 0.2) is 34.8 Å². The van der Waals surface area contributed by atoms with Crippen molar-refractivity contribution in [1.29, 1.82) is 0 Å². The van der Waals surface area contributed by atoms with Crippen molar-refractivity contribution in [2.24, 2.45) is 0 Å². The van der Waals surface area contributed by atoms with Gasteiger partial charge in [-0.25, -0.2) is 9.59 Å². The zero-order valence-electron chi connectivity index (χ0n) is 16.3. The summed E-state index contributed by atoms with van der Waals surface area (Å²) in [5, 5.41) is 2.99. The van der Waals surface area contributed by atoms with E-state index in [1.165, 1.54) is 11.3 Å². The Kier molecular flexibility index (Phi) is 8.66. The second-order valence-corrected chi connectivity index (χ2v) is 8.22. The zero-order valence-corrected chi connectivity index (χ0v) is 18.7. The van der Waals surface area contributed by atoms with Crippen molar-refractivity contribution in [3.8, 4) is 5.75 Å². The van der Waals surface area contributed by atoms with E-state index in [0.29, 0.717) is 16.3 Å². The average Bonchev–Trinajstić information content (AvgIpc) is 3.10. The number of anilines is 1. The number of amides is 1. The fraction of sp³-hybridized carbons (Fsp3) is 0.350. The lowest BCUT2D eigenvalue weighted by atomic mass is 10.1.